The normalized spacial score (nSPS) is 20.5. The number of nitrogens with zero attached hydrogens (tertiary/aromatic N) is 1. The molecule has 5 rings (SSSR count). The van der Waals surface area contributed by atoms with Crippen molar-refractivity contribution in [1.82, 2.24) is 9.62 Å². The zero-order valence-electron chi connectivity index (χ0n) is 27.0. The van der Waals surface area contributed by atoms with E-state index in [1.54, 1.807) is 12.1 Å². The number of nitrogens with one attached hydrogen (secondary N) is 1. The average Bonchev–Trinajstić information content (AvgIpc) is 3.69. The van der Waals surface area contributed by atoms with E-state index in [0.29, 0.717) is 24.7 Å². The number of benzene rings is 3. The summed E-state index contributed by atoms with van der Waals surface area (Å²) >= 11 is 0. The van der Waals surface area contributed by atoms with E-state index >= 15 is 0 Å². The maximum absolute atomic E-state index is 13.8. The second-order valence-corrected chi connectivity index (χ2v) is 14.2. The predicted octanol–water partition coefficient (Wildman–Crippen LogP) is 4.38. The first-order valence-electron chi connectivity index (χ1n) is 15.9. The van der Waals surface area contributed by atoms with Gasteiger partial charge in [0.15, 0.2) is 6.29 Å². The van der Waals surface area contributed by atoms with Crippen LogP contribution in [0.15, 0.2) is 83.8 Å². The van der Waals surface area contributed by atoms with Gasteiger partial charge in [0.1, 0.15) is 24.2 Å². The van der Waals surface area contributed by atoms with Crippen LogP contribution in [0.5, 0.6) is 11.5 Å². The summed E-state index contributed by atoms with van der Waals surface area (Å²) < 4.78 is 56.8. The van der Waals surface area contributed by atoms with Crippen LogP contribution in [0.25, 0.3) is 0 Å². The number of amides is 1. The van der Waals surface area contributed by atoms with Gasteiger partial charge in [-0.05, 0) is 66.3 Å². The van der Waals surface area contributed by atoms with Crippen LogP contribution in [-0.4, -0.2) is 81.9 Å². The molecule has 4 unspecified atom stereocenters. The molecule has 0 saturated carbocycles. The molecular weight excluding hydrogens is 624 g/mol. The topological polar surface area (TPSA) is 133 Å². The molecule has 12 heteroatoms. The number of alkyl carbamates (subject to hydrolysis) is 1. The van der Waals surface area contributed by atoms with Gasteiger partial charge in [0.2, 0.25) is 10.0 Å². The van der Waals surface area contributed by atoms with Crippen LogP contribution in [-0.2, 0) is 37.3 Å². The van der Waals surface area contributed by atoms with Crippen LogP contribution in [0.2, 0.25) is 0 Å². The van der Waals surface area contributed by atoms with E-state index in [-0.39, 0.29) is 49.1 Å². The molecular formula is C35H44N2O9S. The van der Waals surface area contributed by atoms with Gasteiger partial charge in [-0.25, -0.2) is 13.2 Å². The van der Waals surface area contributed by atoms with E-state index in [4.69, 9.17) is 23.7 Å². The molecule has 2 fully saturated rings. The summed E-state index contributed by atoms with van der Waals surface area (Å²) in [6.45, 7) is 4.91. The molecule has 0 spiro atoms. The standard InChI is InChI=1S/C35H44N2O9S/c1-24(2)20-37(47(40,41)29-15-13-27(42-3)14-16-29)21-32(38)31(36-35(39)46-33-23-45-34-30(33)17-18-43-34)19-25-9-11-28(12-10-25)44-22-26-7-5-4-6-8-26/h4-16,24,30-34,38H,17-23H2,1-3H3,(H,36,39)/t30?,31?,32-,33?,34?/m0/s1. The lowest BCUT2D eigenvalue weighted by Gasteiger charge is -2.31. The SMILES string of the molecule is COc1ccc(S(=O)(=O)N(CC(C)C)C[C@H](O)C(Cc2ccc(OCc3ccccc3)cc2)NC(=O)OC2COC3OCCC23)cc1. The number of sulfonamides is 1. The van der Waals surface area contributed by atoms with Gasteiger partial charge >= 0.3 is 6.09 Å². The summed E-state index contributed by atoms with van der Waals surface area (Å²) in [7, 11) is -2.48. The molecule has 2 aliphatic rings. The first-order chi connectivity index (χ1) is 22.6. The predicted molar refractivity (Wildman–Crippen MR) is 175 cm³/mol. The third-order valence-electron chi connectivity index (χ3n) is 8.30. The molecule has 3 aromatic carbocycles. The summed E-state index contributed by atoms with van der Waals surface area (Å²) in [6, 6.07) is 22.4. The molecule has 0 aromatic heterocycles. The minimum atomic E-state index is -3.99. The van der Waals surface area contributed by atoms with E-state index in [2.05, 4.69) is 5.32 Å². The van der Waals surface area contributed by atoms with Crippen molar-refractivity contribution in [1.29, 1.82) is 0 Å². The summed E-state index contributed by atoms with van der Waals surface area (Å²) in [4.78, 5) is 13.3. The van der Waals surface area contributed by atoms with Crippen LogP contribution in [0.3, 0.4) is 0 Å². The molecule has 2 heterocycles. The summed E-state index contributed by atoms with van der Waals surface area (Å²) in [6.07, 6.45) is -1.92. The van der Waals surface area contributed by atoms with Gasteiger partial charge in [-0.1, -0.05) is 56.3 Å². The molecule has 0 aliphatic carbocycles. The Morgan fingerprint density at radius 1 is 0.957 bits per heavy atom. The van der Waals surface area contributed by atoms with Gasteiger partial charge in [0, 0.05) is 13.1 Å². The zero-order valence-corrected chi connectivity index (χ0v) is 27.8. The molecule has 0 bridgehead atoms. The highest BCUT2D eigenvalue weighted by Crippen LogP contribution is 2.33. The number of carbonyl (C=O) groups excluding carboxylic acids is 1. The maximum Gasteiger partial charge on any atom is 0.407 e. The molecule has 0 radical (unpaired) electrons. The number of methoxy groups -OCH3 is 1. The number of aliphatic hydroxyl groups is 1. The number of rotatable bonds is 15. The Morgan fingerprint density at radius 3 is 2.34 bits per heavy atom. The van der Waals surface area contributed by atoms with Crippen molar-refractivity contribution in [3.8, 4) is 11.5 Å². The minimum Gasteiger partial charge on any atom is -0.497 e. The Morgan fingerprint density at radius 2 is 1.66 bits per heavy atom. The first-order valence-corrected chi connectivity index (χ1v) is 17.3. The fourth-order valence-corrected chi connectivity index (χ4v) is 7.40. The molecule has 5 atom stereocenters. The second-order valence-electron chi connectivity index (χ2n) is 12.3. The molecule has 47 heavy (non-hydrogen) atoms. The monoisotopic (exact) mass is 668 g/mol. The lowest BCUT2D eigenvalue weighted by molar-refractivity contribution is -0.0907. The lowest BCUT2D eigenvalue weighted by Crippen LogP contribution is -2.51. The summed E-state index contributed by atoms with van der Waals surface area (Å²) in [5.41, 5.74) is 1.85. The van der Waals surface area contributed by atoms with Crippen molar-refractivity contribution in [2.45, 2.75) is 62.7 Å². The summed E-state index contributed by atoms with van der Waals surface area (Å²) in [5.74, 6) is 1.12. The van der Waals surface area contributed by atoms with Crippen molar-refractivity contribution in [3.05, 3.63) is 90.0 Å². The first kappa shape index (κ1) is 34.6. The van der Waals surface area contributed by atoms with Gasteiger partial charge in [-0.2, -0.15) is 4.31 Å². The average molecular weight is 669 g/mol. The summed E-state index contributed by atoms with van der Waals surface area (Å²) in [5, 5.41) is 14.4. The van der Waals surface area contributed by atoms with Crippen molar-refractivity contribution in [3.63, 3.8) is 0 Å². The molecule has 2 aliphatic heterocycles. The van der Waals surface area contributed by atoms with Crippen LogP contribution in [0, 0.1) is 11.8 Å². The van der Waals surface area contributed by atoms with Gasteiger partial charge < -0.3 is 34.1 Å². The molecule has 11 nitrogen and oxygen atoms in total. The largest absolute Gasteiger partial charge is 0.497 e. The van der Waals surface area contributed by atoms with Crippen molar-refractivity contribution in [2.24, 2.45) is 11.8 Å². The number of aliphatic hydroxyl groups excluding tert-OH is 1. The number of hydrogen-bond acceptors (Lipinski definition) is 9. The molecule has 2 N–H and O–H groups in total. The van der Waals surface area contributed by atoms with Crippen molar-refractivity contribution < 1.29 is 42.0 Å². The quantitative estimate of drug-likeness (QED) is 0.242. The number of ether oxygens (including phenoxy) is 5. The minimum absolute atomic E-state index is 0.0287. The van der Waals surface area contributed by atoms with E-state index in [1.807, 2.05) is 68.4 Å². The maximum atomic E-state index is 13.8. The van der Waals surface area contributed by atoms with E-state index in [9.17, 15) is 18.3 Å². The Bertz CT molecular complexity index is 1540. The van der Waals surface area contributed by atoms with E-state index in [1.165, 1.54) is 23.5 Å². The van der Waals surface area contributed by atoms with Crippen LogP contribution >= 0.6 is 0 Å². The van der Waals surface area contributed by atoms with Crippen LogP contribution < -0.4 is 14.8 Å². The fourth-order valence-electron chi connectivity index (χ4n) is 5.78. The smallest absolute Gasteiger partial charge is 0.407 e. The van der Waals surface area contributed by atoms with Gasteiger partial charge in [0.25, 0.3) is 0 Å². The Hall–Kier alpha value is -3.68. The fraction of sp³-hybridized carbons (Fsp3) is 0.457. The second kappa shape index (κ2) is 15.9. The highest BCUT2D eigenvalue weighted by molar-refractivity contribution is 7.89. The van der Waals surface area contributed by atoms with Gasteiger partial charge in [-0.3, -0.25) is 0 Å². The highest BCUT2D eigenvalue weighted by atomic mass is 32.2. The molecule has 1 amide bonds. The van der Waals surface area contributed by atoms with Crippen molar-refractivity contribution in [2.75, 3.05) is 33.4 Å². The number of fused-ring (bicyclic) bond motifs is 1. The number of hydrogen-bond donors (Lipinski definition) is 2. The lowest BCUT2D eigenvalue weighted by atomic mass is 10.0. The Kier molecular flexibility index (Phi) is 11.8. The van der Waals surface area contributed by atoms with Gasteiger partial charge in [0.05, 0.1) is 43.3 Å². The Labute approximate surface area is 276 Å². The highest BCUT2D eigenvalue weighted by Gasteiger charge is 2.44. The van der Waals surface area contributed by atoms with Crippen LogP contribution in [0.1, 0.15) is 31.4 Å². The third kappa shape index (κ3) is 9.23. The molecule has 254 valence electrons. The van der Waals surface area contributed by atoms with E-state index in [0.717, 1.165) is 17.5 Å². The zero-order chi connectivity index (χ0) is 33.4. The van der Waals surface area contributed by atoms with Gasteiger partial charge in [-0.15, -0.1) is 0 Å². The van der Waals surface area contributed by atoms with Crippen LogP contribution in [0.4, 0.5) is 4.79 Å². The Balaban J connectivity index is 1.31. The third-order valence-corrected chi connectivity index (χ3v) is 10.1. The van der Waals surface area contributed by atoms with E-state index < -0.39 is 34.4 Å². The molecule has 2 saturated heterocycles. The number of carbonyl (C=O) groups is 1. The van der Waals surface area contributed by atoms with Crippen molar-refractivity contribution >= 4 is 16.1 Å². The molecule has 3 aromatic rings.